The molecule has 0 aliphatic carbocycles. The van der Waals surface area contributed by atoms with Gasteiger partial charge in [0.2, 0.25) is 11.8 Å². The van der Waals surface area contributed by atoms with Crippen molar-refractivity contribution in [1.82, 2.24) is 10.2 Å². The molecule has 1 atom stereocenters. The van der Waals surface area contributed by atoms with E-state index in [0.29, 0.717) is 27.9 Å². The average Bonchev–Trinajstić information content (AvgIpc) is 3.03. The van der Waals surface area contributed by atoms with Gasteiger partial charge < -0.3 is 15.0 Å². The topological polar surface area (TPSA) is 96.0 Å². The minimum atomic E-state index is -4.30. The number of likely N-dealkylation sites (N-methyl/N-ethyl adjacent to an activating group) is 1. The fourth-order valence-electron chi connectivity index (χ4n) is 4.71. The standard InChI is InChI=1S/C33H32Cl3N3O5S/c1-3-37-33(41)31(18-23-8-5-4-6-9-23)38(21-24-12-13-26(35)20-30(24)36)32(40)22-39(27-11-7-10-25(34)19-27)45(42,43)29-16-14-28(44-2)15-17-29/h4-17,19-20,31H,3,18,21-22H2,1-2H3,(H,37,41)/t31-/m1/s1. The summed E-state index contributed by atoms with van der Waals surface area (Å²) in [6.45, 7) is 1.39. The molecular formula is C33H32Cl3N3O5S. The molecule has 45 heavy (non-hydrogen) atoms. The maximum Gasteiger partial charge on any atom is 0.264 e. The number of sulfonamides is 1. The van der Waals surface area contributed by atoms with Crippen LogP contribution in [-0.2, 0) is 32.6 Å². The minimum absolute atomic E-state index is 0.0621. The number of ether oxygens (including phenoxy) is 1. The van der Waals surface area contributed by atoms with E-state index in [1.807, 2.05) is 30.3 Å². The smallest absolute Gasteiger partial charge is 0.264 e. The van der Waals surface area contributed by atoms with E-state index < -0.39 is 34.4 Å². The quantitative estimate of drug-likeness (QED) is 0.170. The molecule has 12 heteroatoms. The second-order valence-electron chi connectivity index (χ2n) is 10.0. The number of hydrogen-bond acceptors (Lipinski definition) is 5. The van der Waals surface area contributed by atoms with Crippen molar-refractivity contribution in [2.75, 3.05) is 24.5 Å². The third-order valence-electron chi connectivity index (χ3n) is 7.00. The third kappa shape index (κ3) is 8.70. The summed E-state index contributed by atoms with van der Waals surface area (Å²) in [7, 11) is -2.82. The van der Waals surface area contributed by atoms with Gasteiger partial charge in [-0.05, 0) is 72.6 Å². The lowest BCUT2D eigenvalue weighted by Crippen LogP contribution is -2.53. The first-order valence-electron chi connectivity index (χ1n) is 14.0. The molecule has 0 spiro atoms. The summed E-state index contributed by atoms with van der Waals surface area (Å²) < 4.78 is 34.4. The Balaban J connectivity index is 1.81. The van der Waals surface area contributed by atoms with E-state index in [1.165, 1.54) is 42.3 Å². The molecule has 0 saturated carbocycles. The van der Waals surface area contributed by atoms with Crippen molar-refractivity contribution in [3.8, 4) is 5.75 Å². The maximum atomic E-state index is 14.4. The minimum Gasteiger partial charge on any atom is -0.497 e. The number of carbonyl (C=O) groups excluding carboxylic acids is 2. The van der Waals surface area contributed by atoms with Crippen LogP contribution in [0.25, 0.3) is 0 Å². The van der Waals surface area contributed by atoms with E-state index in [0.717, 1.165) is 9.87 Å². The summed E-state index contributed by atoms with van der Waals surface area (Å²) in [6.07, 6.45) is 0.173. The van der Waals surface area contributed by atoms with Gasteiger partial charge in [-0.25, -0.2) is 8.42 Å². The average molecular weight is 689 g/mol. The van der Waals surface area contributed by atoms with Crippen LogP contribution in [0.4, 0.5) is 5.69 Å². The van der Waals surface area contributed by atoms with Crippen molar-refractivity contribution in [1.29, 1.82) is 0 Å². The first-order chi connectivity index (χ1) is 21.5. The molecule has 0 aromatic heterocycles. The Morgan fingerprint density at radius 3 is 2.18 bits per heavy atom. The Morgan fingerprint density at radius 1 is 0.867 bits per heavy atom. The highest BCUT2D eigenvalue weighted by molar-refractivity contribution is 7.92. The SMILES string of the molecule is CCNC(=O)[C@@H](Cc1ccccc1)N(Cc1ccc(Cl)cc1Cl)C(=O)CN(c1cccc(Cl)c1)S(=O)(=O)c1ccc(OC)cc1. The zero-order valence-electron chi connectivity index (χ0n) is 24.6. The molecule has 4 aromatic carbocycles. The van der Waals surface area contributed by atoms with Crippen LogP contribution in [-0.4, -0.2) is 51.4 Å². The van der Waals surface area contributed by atoms with Crippen LogP contribution in [0.1, 0.15) is 18.1 Å². The third-order valence-corrected chi connectivity index (χ3v) is 9.61. The van der Waals surface area contributed by atoms with Crippen LogP contribution in [0.15, 0.2) is 102 Å². The van der Waals surface area contributed by atoms with Crippen molar-refractivity contribution >= 4 is 62.3 Å². The molecule has 0 unspecified atom stereocenters. The second-order valence-corrected chi connectivity index (χ2v) is 13.2. The van der Waals surface area contributed by atoms with Crippen molar-refractivity contribution in [3.05, 3.63) is 123 Å². The van der Waals surface area contributed by atoms with Gasteiger partial charge in [0.05, 0.1) is 17.7 Å². The fourth-order valence-corrected chi connectivity index (χ4v) is 6.77. The molecule has 1 N–H and O–H groups in total. The largest absolute Gasteiger partial charge is 0.497 e. The number of anilines is 1. The van der Waals surface area contributed by atoms with Gasteiger partial charge in [0.1, 0.15) is 18.3 Å². The molecule has 236 valence electrons. The Hall–Kier alpha value is -3.76. The van der Waals surface area contributed by atoms with E-state index in [1.54, 1.807) is 43.3 Å². The normalized spacial score (nSPS) is 11.8. The Bertz CT molecular complexity index is 1740. The summed E-state index contributed by atoms with van der Waals surface area (Å²) in [5, 5.41) is 3.81. The maximum absolute atomic E-state index is 14.4. The number of rotatable bonds is 13. The van der Waals surface area contributed by atoms with Gasteiger partial charge in [-0.15, -0.1) is 0 Å². The number of nitrogens with zero attached hydrogens (tertiary/aromatic N) is 2. The Kier molecular flexibility index (Phi) is 11.7. The highest BCUT2D eigenvalue weighted by atomic mass is 35.5. The van der Waals surface area contributed by atoms with Crippen molar-refractivity contribution < 1.29 is 22.7 Å². The van der Waals surface area contributed by atoms with E-state index >= 15 is 0 Å². The van der Waals surface area contributed by atoms with E-state index in [-0.39, 0.29) is 28.6 Å². The van der Waals surface area contributed by atoms with Crippen LogP contribution in [0.3, 0.4) is 0 Å². The van der Waals surface area contributed by atoms with Crippen molar-refractivity contribution in [2.45, 2.75) is 30.8 Å². The van der Waals surface area contributed by atoms with Gasteiger partial charge in [-0.1, -0.05) is 77.3 Å². The zero-order chi connectivity index (χ0) is 32.6. The summed E-state index contributed by atoms with van der Waals surface area (Å²) in [4.78, 5) is 29.3. The van der Waals surface area contributed by atoms with Crippen LogP contribution < -0.4 is 14.4 Å². The molecule has 4 rings (SSSR count). The Labute approximate surface area is 278 Å². The van der Waals surface area contributed by atoms with Gasteiger partial charge in [-0.2, -0.15) is 0 Å². The highest BCUT2D eigenvalue weighted by Gasteiger charge is 2.35. The lowest BCUT2D eigenvalue weighted by atomic mass is 10.0. The number of benzene rings is 4. The van der Waals surface area contributed by atoms with Gasteiger partial charge in [0, 0.05) is 34.6 Å². The fraction of sp³-hybridized carbons (Fsp3) is 0.212. The van der Waals surface area contributed by atoms with E-state index in [2.05, 4.69) is 5.32 Å². The molecule has 2 amide bonds. The first kappa shape index (κ1) is 34.1. The van der Waals surface area contributed by atoms with Crippen LogP contribution >= 0.6 is 34.8 Å². The predicted octanol–water partition coefficient (Wildman–Crippen LogP) is 6.63. The van der Waals surface area contributed by atoms with E-state index in [9.17, 15) is 18.0 Å². The number of halogens is 3. The molecule has 0 radical (unpaired) electrons. The number of amides is 2. The Morgan fingerprint density at radius 2 is 1.56 bits per heavy atom. The van der Waals surface area contributed by atoms with E-state index in [4.69, 9.17) is 39.5 Å². The summed E-state index contributed by atoms with van der Waals surface area (Å²) in [6, 6.07) is 25.1. The molecule has 0 fully saturated rings. The van der Waals surface area contributed by atoms with Crippen molar-refractivity contribution in [3.63, 3.8) is 0 Å². The van der Waals surface area contributed by atoms with Gasteiger partial charge in [-0.3, -0.25) is 13.9 Å². The summed E-state index contributed by atoms with van der Waals surface area (Å²) in [5.41, 5.74) is 1.52. The molecule has 4 aromatic rings. The lowest BCUT2D eigenvalue weighted by Gasteiger charge is -2.34. The molecule has 0 saturated heterocycles. The molecule has 0 bridgehead atoms. The lowest BCUT2D eigenvalue weighted by molar-refractivity contribution is -0.140. The first-order valence-corrected chi connectivity index (χ1v) is 16.6. The van der Waals surface area contributed by atoms with Crippen LogP contribution in [0.2, 0.25) is 15.1 Å². The predicted molar refractivity (Wildman–Crippen MR) is 179 cm³/mol. The number of carbonyl (C=O) groups is 2. The van der Waals surface area contributed by atoms with Crippen LogP contribution in [0, 0.1) is 0 Å². The van der Waals surface area contributed by atoms with Crippen molar-refractivity contribution in [2.24, 2.45) is 0 Å². The highest BCUT2D eigenvalue weighted by Crippen LogP contribution is 2.29. The number of methoxy groups -OCH3 is 1. The van der Waals surface area contributed by atoms with Gasteiger partial charge in [0.25, 0.3) is 10.0 Å². The number of hydrogen-bond donors (Lipinski definition) is 1. The van der Waals surface area contributed by atoms with Crippen LogP contribution in [0.5, 0.6) is 5.75 Å². The van der Waals surface area contributed by atoms with Gasteiger partial charge in [0.15, 0.2) is 0 Å². The molecule has 8 nitrogen and oxygen atoms in total. The second kappa shape index (κ2) is 15.5. The molecule has 0 aliphatic rings. The molecule has 0 heterocycles. The summed E-state index contributed by atoms with van der Waals surface area (Å²) in [5.74, 6) is -0.562. The summed E-state index contributed by atoms with van der Waals surface area (Å²) >= 11 is 18.9. The van der Waals surface area contributed by atoms with Gasteiger partial charge >= 0.3 is 0 Å². The number of nitrogens with one attached hydrogen (secondary N) is 1. The monoisotopic (exact) mass is 687 g/mol. The zero-order valence-corrected chi connectivity index (χ0v) is 27.7. The molecular weight excluding hydrogens is 657 g/mol. The molecule has 0 aliphatic heterocycles.